The molecular formula is C30H39N5O5S. The second-order valence-electron chi connectivity index (χ2n) is 10.3. The van der Waals surface area contributed by atoms with E-state index in [4.69, 9.17) is 5.73 Å². The third-order valence-electron chi connectivity index (χ3n) is 6.84. The van der Waals surface area contributed by atoms with E-state index in [1.165, 1.54) is 11.8 Å². The molecule has 0 aliphatic rings. The quantitative estimate of drug-likeness (QED) is 0.160. The summed E-state index contributed by atoms with van der Waals surface area (Å²) in [6, 6.07) is 13.0. The fourth-order valence-electron chi connectivity index (χ4n) is 4.51. The smallest absolute Gasteiger partial charge is 0.326 e. The molecule has 11 heteroatoms. The first-order chi connectivity index (χ1) is 19.6. The lowest BCUT2D eigenvalue weighted by Crippen LogP contribution is -2.58. The molecule has 4 unspecified atom stereocenters. The lowest BCUT2D eigenvalue weighted by molar-refractivity contribution is -0.143. The number of carbonyl (C=O) groups excluding carboxylic acids is 3. The number of benzene rings is 2. The molecule has 10 nitrogen and oxygen atoms in total. The maximum atomic E-state index is 13.7. The van der Waals surface area contributed by atoms with E-state index in [2.05, 4.69) is 20.9 Å². The lowest BCUT2D eigenvalue weighted by atomic mass is 10.0. The Labute approximate surface area is 244 Å². The highest BCUT2D eigenvalue weighted by atomic mass is 32.2. The third-order valence-corrected chi connectivity index (χ3v) is 7.49. The van der Waals surface area contributed by atoms with Crippen molar-refractivity contribution in [2.75, 3.05) is 12.0 Å². The van der Waals surface area contributed by atoms with Gasteiger partial charge in [-0.15, -0.1) is 0 Å². The highest BCUT2D eigenvalue weighted by Gasteiger charge is 2.31. The zero-order chi connectivity index (χ0) is 29.9. The van der Waals surface area contributed by atoms with Crippen LogP contribution in [0.4, 0.5) is 0 Å². The Morgan fingerprint density at radius 2 is 1.51 bits per heavy atom. The van der Waals surface area contributed by atoms with Gasteiger partial charge in [-0.2, -0.15) is 11.8 Å². The number of amides is 3. The fourth-order valence-corrected chi connectivity index (χ4v) is 4.98. The molecule has 1 heterocycles. The van der Waals surface area contributed by atoms with Crippen LogP contribution >= 0.6 is 11.8 Å². The summed E-state index contributed by atoms with van der Waals surface area (Å²) in [7, 11) is 0. The molecule has 1 aromatic heterocycles. The summed E-state index contributed by atoms with van der Waals surface area (Å²) in [6.07, 6.45) is 4.39. The summed E-state index contributed by atoms with van der Waals surface area (Å²) in [5, 5.41) is 18.6. The average Bonchev–Trinajstić information content (AvgIpc) is 3.36. The minimum Gasteiger partial charge on any atom is -0.480 e. The molecule has 0 saturated carbocycles. The van der Waals surface area contributed by atoms with Gasteiger partial charge in [0, 0.05) is 23.5 Å². The zero-order valence-electron chi connectivity index (χ0n) is 23.6. The van der Waals surface area contributed by atoms with Crippen LogP contribution in [0.1, 0.15) is 31.4 Å². The number of carbonyl (C=O) groups is 4. The van der Waals surface area contributed by atoms with Gasteiger partial charge >= 0.3 is 5.97 Å². The van der Waals surface area contributed by atoms with Gasteiger partial charge in [-0.05, 0) is 48.0 Å². The molecule has 220 valence electrons. The minimum atomic E-state index is -1.15. The van der Waals surface area contributed by atoms with Crippen molar-refractivity contribution in [2.45, 2.75) is 57.3 Å². The molecule has 0 bridgehead atoms. The van der Waals surface area contributed by atoms with Gasteiger partial charge in [0.1, 0.15) is 18.1 Å². The van der Waals surface area contributed by atoms with Crippen LogP contribution in [-0.4, -0.2) is 70.0 Å². The summed E-state index contributed by atoms with van der Waals surface area (Å²) in [5.74, 6) is -2.60. The number of thioether (sulfide) groups is 1. The lowest BCUT2D eigenvalue weighted by Gasteiger charge is -2.26. The predicted molar refractivity (Wildman–Crippen MR) is 161 cm³/mol. The number of aromatic amines is 1. The van der Waals surface area contributed by atoms with E-state index in [-0.39, 0.29) is 18.8 Å². The van der Waals surface area contributed by atoms with Crippen LogP contribution in [0.5, 0.6) is 0 Å². The highest BCUT2D eigenvalue weighted by Crippen LogP contribution is 2.19. The standard InChI is InChI=1S/C30H39N5O5S/c1-18(2)26(30(39)40)35-28(37)24(13-14-41-3)33-29(38)25(16-20-17-32-23-12-8-7-11-21(20)23)34-27(36)22(31)15-19-9-5-4-6-10-19/h4-12,17-18,22,24-26,32H,13-16,31H2,1-3H3,(H,33,38)(H,34,36)(H,35,37)(H,39,40). The van der Waals surface area contributed by atoms with Gasteiger partial charge in [-0.1, -0.05) is 62.4 Å². The van der Waals surface area contributed by atoms with E-state index in [9.17, 15) is 24.3 Å². The molecule has 3 aromatic rings. The number of hydrogen-bond donors (Lipinski definition) is 6. The van der Waals surface area contributed by atoms with E-state index in [1.807, 2.05) is 60.9 Å². The van der Waals surface area contributed by atoms with Crippen LogP contribution in [0, 0.1) is 5.92 Å². The molecule has 7 N–H and O–H groups in total. The SMILES string of the molecule is CSCCC(NC(=O)C(Cc1c[nH]c2ccccc12)NC(=O)C(N)Cc1ccccc1)C(=O)NC(C(=O)O)C(C)C. The van der Waals surface area contributed by atoms with Crippen molar-refractivity contribution in [3.05, 3.63) is 71.9 Å². The molecule has 2 aromatic carbocycles. The van der Waals surface area contributed by atoms with Crippen molar-refractivity contribution in [1.29, 1.82) is 0 Å². The molecule has 0 fully saturated rings. The number of carboxylic acid groups (broad SMARTS) is 1. The fraction of sp³-hybridized carbons (Fsp3) is 0.400. The van der Waals surface area contributed by atoms with Crippen LogP contribution < -0.4 is 21.7 Å². The van der Waals surface area contributed by atoms with E-state index in [0.717, 1.165) is 22.0 Å². The number of carboxylic acids is 1. The highest BCUT2D eigenvalue weighted by molar-refractivity contribution is 7.98. The number of para-hydroxylation sites is 1. The Morgan fingerprint density at radius 1 is 0.878 bits per heavy atom. The van der Waals surface area contributed by atoms with Gasteiger partial charge in [0.25, 0.3) is 0 Å². The van der Waals surface area contributed by atoms with Crippen molar-refractivity contribution in [3.8, 4) is 0 Å². The van der Waals surface area contributed by atoms with Crippen LogP contribution in [0.2, 0.25) is 0 Å². The summed E-state index contributed by atoms with van der Waals surface area (Å²) in [5.41, 5.74) is 8.81. The number of fused-ring (bicyclic) bond motifs is 1. The number of hydrogen-bond acceptors (Lipinski definition) is 6. The molecule has 0 spiro atoms. The first-order valence-corrected chi connectivity index (χ1v) is 15.0. The van der Waals surface area contributed by atoms with E-state index >= 15 is 0 Å². The Balaban J connectivity index is 1.82. The zero-order valence-corrected chi connectivity index (χ0v) is 24.4. The topological polar surface area (TPSA) is 166 Å². The van der Waals surface area contributed by atoms with Gasteiger partial charge in [0.15, 0.2) is 0 Å². The van der Waals surface area contributed by atoms with Gasteiger partial charge in [-0.3, -0.25) is 14.4 Å². The average molecular weight is 582 g/mol. The molecule has 0 saturated heterocycles. The molecular weight excluding hydrogens is 542 g/mol. The van der Waals surface area contributed by atoms with Crippen molar-refractivity contribution in [2.24, 2.45) is 11.7 Å². The summed E-state index contributed by atoms with van der Waals surface area (Å²) >= 11 is 1.50. The Morgan fingerprint density at radius 3 is 2.17 bits per heavy atom. The summed E-state index contributed by atoms with van der Waals surface area (Å²) < 4.78 is 0. The minimum absolute atomic E-state index is 0.153. The molecule has 0 radical (unpaired) electrons. The largest absolute Gasteiger partial charge is 0.480 e. The Bertz CT molecular complexity index is 1330. The molecule has 4 atom stereocenters. The second-order valence-corrected chi connectivity index (χ2v) is 11.3. The van der Waals surface area contributed by atoms with Crippen molar-refractivity contribution in [1.82, 2.24) is 20.9 Å². The normalized spacial score (nSPS) is 14.2. The molecule has 0 aliphatic carbocycles. The number of nitrogens with one attached hydrogen (secondary N) is 4. The number of H-pyrrole nitrogens is 1. The van der Waals surface area contributed by atoms with Gasteiger partial charge < -0.3 is 31.8 Å². The van der Waals surface area contributed by atoms with Crippen LogP contribution in [0.3, 0.4) is 0 Å². The first kappa shape index (κ1) is 31.7. The Kier molecular flexibility index (Phi) is 11.8. The molecule has 41 heavy (non-hydrogen) atoms. The maximum Gasteiger partial charge on any atom is 0.326 e. The van der Waals surface area contributed by atoms with Gasteiger partial charge in [0.2, 0.25) is 17.7 Å². The van der Waals surface area contributed by atoms with Gasteiger partial charge in [-0.25, -0.2) is 4.79 Å². The monoisotopic (exact) mass is 581 g/mol. The van der Waals surface area contributed by atoms with Crippen LogP contribution in [0.25, 0.3) is 10.9 Å². The molecule has 3 rings (SSSR count). The number of rotatable bonds is 15. The predicted octanol–water partition coefficient (Wildman–Crippen LogP) is 2.23. The Hall–Kier alpha value is -3.83. The van der Waals surface area contributed by atoms with Crippen molar-refractivity contribution in [3.63, 3.8) is 0 Å². The first-order valence-electron chi connectivity index (χ1n) is 13.6. The van der Waals surface area contributed by atoms with Crippen molar-refractivity contribution < 1.29 is 24.3 Å². The summed E-state index contributed by atoms with van der Waals surface area (Å²) in [4.78, 5) is 54.8. The number of nitrogens with two attached hydrogens (primary N) is 1. The molecule has 3 amide bonds. The summed E-state index contributed by atoms with van der Waals surface area (Å²) in [6.45, 7) is 3.39. The number of aromatic nitrogens is 1. The number of aliphatic carboxylic acids is 1. The van der Waals surface area contributed by atoms with E-state index in [1.54, 1.807) is 20.0 Å². The van der Waals surface area contributed by atoms with Crippen molar-refractivity contribution >= 4 is 46.4 Å². The van der Waals surface area contributed by atoms with Gasteiger partial charge in [0.05, 0.1) is 6.04 Å². The maximum absolute atomic E-state index is 13.7. The van der Waals surface area contributed by atoms with E-state index < -0.39 is 47.9 Å². The second kappa shape index (κ2) is 15.2. The van der Waals surface area contributed by atoms with E-state index in [0.29, 0.717) is 12.2 Å². The van der Waals surface area contributed by atoms with Crippen LogP contribution in [-0.2, 0) is 32.0 Å². The van der Waals surface area contributed by atoms with Crippen LogP contribution in [0.15, 0.2) is 60.8 Å². The third kappa shape index (κ3) is 9.09. The molecule has 0 aliphatic heterocycles.